The van der Waals surface area contributed by atoms with Crippen molar-refractivity contribution in [3.8, 4) is 17.7 Å². The lowest BCUT2D eigenvalue weighted by atomic mass is 10.1. The van der Waals surface area contributed by atoms with Gasteiger partial charge in [-0.25, -0.2) is 4.98 Å². The van der Waals surface area contributed by atoms with Crippen LogP contribution in [0.1, 0.15) is 28.8 Å². The average molecular weight is 358 g/mol. The highest BCUT2D eigenvalue weighted by Gasteiger charge is 2.20. The first-order chi connectivity index (χ1) is 11.6. The summed E-state index contributed by atoms with van der Waals surface area (Å²) in [5.41, 5.74) is 3.90. The second-order valence-electron chi connectivity index (χ2n) is 5.57. The van der Waals surface area contributed by atoms with Gasteiger partial charge in [0.2, 0.25) is 11.2 Å². The van der Waals surface area contributed by atoms with Crippen molar-refractivity contribution in [3.05, 3.63) is 45.9 Å². The number of hydrogen-bond acceptors (Lipinski definition) is 5. The Bertz CT molecular complexity index is 835. The van der Waals surface area contributed by atoms with E-state index < -0.39 is 0 Å². The molecule has 0 saturated carbocycles. The van der Waals surface area contributed by atoms with Crippen LogP contribution < -0.4 is 4.74 Å². The van der Waals surface area contributed by atoms with Crippen LogP contribution in [0.15, 0.2) is 23.1 Å². The molecule has 0 atom stereocenters. The summed E-state index contributed by atoms with van der Waals surface area (Å²) in [4.78, 5) is 9.60. The Hall–Kier alpha value is -2.03. The van der Waals surface area contributed by atoms with Gasteiger partial charge in [-0.2, -0.15) is 10.2 Å². The average Bonchev–Trinajstić information content (AvgIpc) is 2.56. The lowest BCUT2D eigenvalue weighted by Gasteiger charge is -2.19. The maximum Gasteiger partial charge on any atom is 0.237 e. The van der Waals surface area contributed by atoms with Crippen molar-refractivity contribution in [3.63, 3.8) is 0 Å². The summed E-state index contributed by atoms with van der Waals surface area (Å²) in [5.74, 6) is 2.33. The smallest absolute Gasteiger partial charge is 0.237 e. The zero-order valence-corrected chi connectivity index (χ0v) is 15.0. The molecule has 6 heteroatoms. The molecule has 1 aliphatic rings. The number of allylic oxidation sites excluding steroid dienone is 1. The number of aryl methyl sites for hydroxylation is 3. The minimum absolute atomic E-state index is 0.218. The molecule has 2 heterocycles. The molecule has 1 aromatic carbocycles. The van der Waals surface area contributed by atoms with Gasteiger partial charge >= 0.3 is 0 Å². The Kier molecular flexibility index (Phi) is 5.08. The summed E-state index contributed by atoms with van der Waals surface area (Å²) in [7, 11) is 0. The second kappa shape index (κ2) is 7.25. The highest BCUT2D eigenvalue weighted by molar-refractivity contribution is 7.99. The van der Waals surface area contributed by atoms with Crippen molar-refractivity contribution in [1.82, 2.24) is 9.97 Å². The highest BCUT2D eigenvalue weighted by atomic mass is 35.5. The van der Waals surface area contributed by atoms with Gasteiger partial charge in [0.25, 0.3) is 0 Å². The second-order valence-corrected chi connectivity index (χ2v) is 7.02. The Morgan fingerprint density at radius 2 is 2.04 bits per heavy atom. The van der Waals surface area contributed by atoms with Crippen LogP contribution in [0.3, 0.4) is 0 Å². The molecule has 0 N–H and O–H groups in total. The summed E-state index contributed by atoms with van der Waals surface area (Å²) in [6.07, 6.45) is 5.23. The number of nitrogens with zero attached hydrogens (tertiary/aromatic N) is 3. The normalized spacial score (nSPS) is 13.6. The number of nitriles is 1. The summed E-state index contributed by atoms with van der Waals surface area (Å²) >= 11 is 7.77. The molecular weight excluding hydrogens is 342 g/mol. The van der Waals surface area contributed by atoms with E-state index >= 15 is 0 Å². The standard InChI is InChI=1S/C18H16ClN3OS/c1-11-9-13(5-3-7-20)10-12(2)15(11)23-17-16-14(6-4-8-24-16)21-18(19)22-17/h3,5,9-10H,4,6,8H2,1-2H3/b5-3+. The third-order valence-corrected chi connectivity index (χ3v) is 5.07. The van der Waals surface area contributed by atoms with Gasteiger partial charge in [-0.1, -0.05) is 0 Å². The van der Waals surface area contributed by atoms with E-state index in [9.17, 15) is 0 Å². The van der Waals surface area contributed by atoms with E-state index in [1.165, 1.54) is 6.08 Å². The van der Waals surface area contributed by atoms with Gasteiger partial charge in [0.05, 0.1) is 16.7 Å². The van der Waals surface area contributed by atoms with Gasteiger partial charge in [-0.15, -0.1) is 11.8 Å². The monoisotopic (exact) mass is 357 g/mol. The fraction of sp³-hybridized carbons (Fsp3) is 0.278. The molecule has 122 valence electrons. The molecule has 0 unspecified atom stereocenters. The molecule has 0 spiro atoms. The van der Waals surface area contributed by atoms with E-state index in [-0.39, 0.29) is 5.28 Å². The number of halogens is 1. The first kappa shape index (κ1) is 16.8. The highest BCUT2D eigenvalue weighted by Crippen LogP contribution is 2.39. The predicted molar refractivity (Wildman–Crippen MR) is 96.7 cm³/mol. The maximum absolute atomic E-state index is 8.66. The van der Waals surface area contributed by atoms with Crippen LogP contribution in [0.25, 0.3) is 6.08 Å². The predicted octanol–water partition coefficient (Wildman–Crippen LogP) is 5.11. The SMILES string of the molecule is Cc1cc(/C=C/C#N)cc(C)c1Oc1nc(Cl)nc2c1SCCC2. The summed E-state index contributed by atoms with van der Waals surface area (Å²) in [6.45, 7) is 3.96. The van der Waals surface area contributed by atoms with Crippen molar-refractivity contribution in [2.45, 2.75) is 31.6 Å². The molecule has 24 heavy (non-hydrogen) atoms. The fourth-order valence-electron chi connectivity index (χ4n) is 2.71. The Morgan fingerprint density at radius 3 is 2.75 bits per heavy atom. The number of hydrogen-bond donors (Lipinski definition) is 0. The Labute approximate surface area is 150 Å². The molecular formula is C18H16ClN3OS. The number of rotatable bonds is 3. The number of thioether (sulfide) groups is 1. The van der Waals surface area contributed by atoms with Crippen molar-refractivity contribution in [1.29, 1.82) is 5.26 Å². The Balaban J connectivity index is 1.99. The molecule has 0 amide bonds. The number of aromatic nitrogens is 2. The van der Waals surface area contributed by atoms with Gasteiger partial charge < -0.3 is 4.74 Å². The zero-order valence-electron chi connectivity index (χ0n) is 13.5. The van der Waals surface area contributed by atoms with Crippen LogP contribution in [0.4, 0.5) is 0 Å². The van der Waals surface area contributed by atoms with Crippen LogP contribution in [0.5, 0.6) is 11.6 Å². The van der Waals surface area contributed by atoms with Gasteiger partial charge in [-0.3, -0.25) is 0 Å². The quantitative estimate of drug-likeness (QED) is 0.564. The number of benzene rings is 1. The summed E-state index contributed by atoms with van der Waals surface area (Å²) < 4.78 is 6.13. The van der Waals surface area contributed by atoms with E-state index in [1.54, 1.807) is 17.8 Å². The van der Waals surface area contributed by atoms with E-state index in [4.69, 9.17) is 21.6 Å². The fourth-order valence-corrected chi connectivity index (χ4v) is 3.91. The minimum atomic E-state index is 0.218. The van der Waals surface area contributed by atoms with E-state index in [0.717, 1.165) is 51.6 Å². The molecule has 1 aromatic heterocycles. The van der Waals surface area contributed by atoms with Crippen LogP contribution in [-0.4, -0.2) is 15.7 Å². The number of ether oxygens (including phenoxy) is 1. The molecule has 0 aliphatic carbocycles. The molecule has 2 aromatic rings. The van der Waals surface area contributed by atoms with Crippen LogP contribution >= 0.6 is 23.4 Å². The van der Waals surface area contributed by atoms with Gasteiger partial charge in [-0.05, 0) is 78.9 Å². The van der Waals surface area contributed by atoms with E-state index in [1.807, 2.05) is 32.0 Å². The molecule has 1 aliphatic heterocycles. The third kappa shape index (κ3) is 3.55. The van der Waals surface area contributed by atoms with Gasteiger partial charge in [0.1, 0.15) is 5.75 Å². The summed E-state index contributed by atoms with van der Waals surface area (Å²) in [5, 5.41) is 8.88. The van der Waals surface area contributed by atoms with Crippen molar-refractivity contribution in [2.24, 2.45) is 0 Å². The topological polar surface area (TPSA) is 58.8 Å². The van der Waals surface area contributed by atoms with Gasteiger partial charge in [0, 0.05) is 6.08 Å². The van der Waals surface area contributed by atoms with E-state index in [0.29, 0.717) is 5.88 Å². The Morgan fingerprint density at radius 1 is 1.29 bits per heavy atom. The maximum atomic E-state index is 8.66. The molecule has 3 rings (SSSR count). The van der Waals surface area contributed by atoms with Crippen molar-refractivity contribution >= 4 is 29.4 Å². The van der Waals surface area contributed by atoms with Gasteiger partial charge in [0.15, 0.2) is 0 Å². The molecule has 0 fully saturated rings. The van der Waals surface area contributed by atoms with Crippen LogP contribution in [0.2, 0.25) is 5.28 Å². The van der Waals surface area contributed by atoms with Crippen molar-refractivity contribution in [2.75, 3.05) is 5.75 Å². The largest absolute Gasteiger partial charge is 0.437 e. The minimum Gasteiger partial charge on any atom is -0.437 e. The molecule has 0 bridgehead atoms. The summed E-state index contributed by atoms with van der Waals surface area (Å²) in [6, 6.07) is 5.97. The van der Waals surface area contributed by atoms with Crippen molar-refractivity contribution < 1.29 is 4.74 Å². The van der Waals surface area contributed by atoms with E-state index in [2.05, 4.69) is 9.97 Å². The lowest BCUT2D eigenvalue weighted by molar-refractivity contribution is 0.439. The first-order valence-corrected chi connectivity index (χ1v) is 8.99. The molecule has 0 radical (unpaired) electrons. The first-order valence-electron chi connectivity index (χ1n) is 7.63. The number of fused-ring (bicyclic) bond motifs is 1. The third-order valence-electron chi connectivity index (χ3n) is 3.71. The lowest BCUT2D eigenvalue weighted by Crippen LogP contribution is -2.06. The van der Waals surface area contributed by atoms with Crippen LogP contribution in [0, 0.1) is 25.2 Å². The molecule has 4 nitrogen and oxygen atoms in total. The molecule has 0 saturated heterocycles. The van der Waals surface area contributed by atoms with Crippen LogP contribution in [-0.2, 0) is 6.42 Å². The zero-order chi connectivity index (χ0) is 17.1.